The molecule has 0 spiro atoms. The van der Waals surface area contributed by atoms with Gasteiger partial charge < -0.3 is 10.4 Å². The van der Waals surface area contributed by atoms with Crippen LogP contribution in [0.3, 0.4) is 0 Å². The minimum Gasteiger partial charge on any atom is -0.395 e. The number of benzene rings is 1. The highest BCUT2D eigenvalue weighted by Gasteiger charge is 2.10. The SMILES string of the molecule is Cc1cnc(CNC(=O)c2ccccc2C#CCCO)s1. The Morgan fingerprint density at radius 3 is 2.95 bits per heavy atom. The molecule has 2 N–H and O–H groups in total. The number of carbonyl (C=O) groups is 1. The number of hydrogen-bond acceptors (Lipinski definition) is 4. The second-order valence-electron chi connectivity index (χ2n) is 4.37. The number of hydrogen-bond donors (Lipinski definition) is 2. The van der Waals surface area contributed by atoms with Gasteiger partial charge in [0, 0.05) is 23.1 Å². The summed E-state index contributed by atoms with van der Waals surface area (Å²) in [7, 11) is 0. The molecule has 4 nitrogen and oxygen atoms in total. The van der Waals surface area contributed by atoms with Crippen LogP contribution >= 0.6 is 11.3 Å². The molecule has 1 amide bonds. The molecule has 2 rings (SSSR count). The summed E-state index contributed by atoms with van der Waals surface area (Å²) in [6, 6.07) is 7.18. The highest BCUT2D eigenvalue weighted by molar-refractivity contribution is 7.11. The summed E-state index contributed by atoms with van der Waals surface area (Å²) in [4.78, 5) is 17.6. The van der Waals surface area contributed by atoms with Crippen molar-refractivity contribution >= 4 is 17.2 Å². The van der Waals surface area contributed by atoms with Crippen molar-refractivity contribution in [1.29, 1.82) is 0 Å². The third-order valence-corrected chi connectivity index (χ3v) is 3.61. The van der Waals surface area contributed by atoms with Gasteiger partial charge in [-0.3, -0.25) is 4.79 Å². The Kier molecular flexibility index (Phi) is 5.50. The molecule has 0 aliphatic carbocycles. The van der Waals surface area contributed by atoms with Gasteiger partial charge in [0.25, 0.3) is 5.91 Å². The number of aromatic nitrogens is 1. The van der Waals surface area contributed by atoms with Crippen molar-refractivity contribution in [2.75, 3.05) is 6.61 Å². The Labute approximate surface area is 127 Å². The average molecular weight is 300 g/mol. The number of rotatable bonds is 4. The van der Waals surface area contributed by atoms with Crippen molar-refractivity contribution in [3.63, 3.8) is 0 Å². The lowest BCUT2D eigenvalue weighted by Gasteiger charge is -2.05. The number of nitrogens with one attached hydrogen (secondary N) is 1. The quantitative estimate of drug-likeness (QED) is 0.850. The van der Waals surface area contributed by atoms with E-state index in [1.54, 1.807) is 35.7 Å². The molecule has 0 bridgehead atoms. The number of amides is 1. The van der Waals surface area contributed by atoms with Crippen LogP contribution in [0.1, 0.15) is 32.2 Å². The molecular weight excluding hydrogens is 284 g/mol. The minimum absolute atomic E-state index is 0.0186. The zero-order chi connectivity index (χ0) is 15.1. The number of thiazole rings is 1. The van der Waals surface area contributed by atoms with Gasteiger partial charge in [-0.05, 0) is 19.1 Å². The van der Waals surface area contributed by atoms with Gasteiger partial charge in [-0.1, -0.05) is 24.0 Å². The summed E-state index contributed by atoms with van der Waals surface area (Å²) in [5.41, 5.74) is 1.20. The standard InChI is InChI=1S/C16H16N2O2S/c1-12-10-17-15(21-12)11-18-16(20)14-8-3-2-6-13(14)7-4-5-9-19/h2-3,6,8,10,19H,5,9,11H2,1H3,(H,18,20). The molecule has 1 aromatic heterocycles. The van der Waals surface area contributed by atoms with E-state index in [2.05, 4.69) is 22.1 Å². The first kappa shape index (κ1) is 15.2. The summed E-state index contributed by atoms with van der Waals surface area (Å²) in [6.45, 7) is 2.41. The van der Waals surface area contributed by atoms with Crippen molar-refractivity contribution in [2.45, 2.75) is 19.9 Å². The lowest BCUT2D eigenvalue weighted by molar-refractivity contribution is 0.0950. The van der Waals surface area contributed by atoms with Crippen molar-refractivity contribution < 1.29 is 9.90 Å². The molecule has 5 heteroatoms. The first-order chi connectivity index (χ1) is 10.2. The fourth-order valence-electron chi connectivity index (χ4n) is 1.74. The van der Waals surface area contributed by atoms with Crippen LogP contribution < -0.4 is 5.32 Å². The fourth-order valence-corrected chi connectivity index (χ4v) is 2.46. The third kappa shape index (κ3) is 4.42. The number of aliphatic hydroxyl groups is 1. The van der Waals surface area contributed by atoms with Gasteiger partial charge in [0.2, 0.25) is 0 Å². The first-order valence-electron chi connectivity index (χ1n) is 6.59. The predicted octanol–water partition coefficient (Wildman–Crippen LogP) is 2.12. The van der Waals surface area contributed by atoms with E-state index >= 15 is 0 Å². The molecule has 1 heterocycles. The highest BCUT2D eigenvalue weighted by atomic mass is 32.1. The van der Waals surface area contributed by atoms with Crippen LogP contribution in [0.4, 0.5) is 0 Å². The molecule has 0 atom stereocenters. The van der Waals surface area contributed by atoms with Gasteiger partial charge in [-0.2, -0.15) is 0 Å². The number of aryl methyl sites for hydroxylation is 1. The molecule has 0 fully saturated rings. The third-order valence-electron chi connectivity index (χ3n) is 2.70. The van der Waals surface area contributed by atoms with Crippen LogP contribution in [0, 0.1) is 18.8 Å². The molecule has 0 unspecified atom stereocenters. The lowest BCUT2D eigenvalue weighted by Crippen LogP contribution is -2.23. The van der Waals surface area contributed by atoms with E-state index in [-0.39, 0.29) is 12.5 Å². The van der Waals surface area contributed by atoms with Gasteiger partial charge >= 0.3 is 0 Å². The minimum atomic E-state index is -0.170. The maximum absolute atomic E-state index is 12.2. The van der Waals surface area contributed by atoms with Crippen LogP contribution in [0.5, 0.6) is 0 Å². The average Bonchev–Trinajstić information content (AvgIpc) is 2.91. The second-order valence-corrected chi connectivity index (χ2v) is 5.69. The van der Waals surface area contributed by atoms with E-state index in [0.717, 1.165) is 9.88 Å². The van der Waals surface area contributed by atoms with Crippen LogP contribution in [0.2, 0.25) is 0 Å². The highest BCUT2D eigenvalue weighted by Crippen LogP contribution is 2.12. The largest absolute Gasteiger partial charge is 0.395 e. The van der Waals surface area contributed by atoms with E-state index in [1.807, 2.05) is 13.0 Å². The molecule has 0 radical (unpaired) electrons. The zero-order valence-corrected chi connectivity index (χ0v) is 12.5. The van der Waals surface area contributed by atoms with Gasteiger partial charge in [0.05, 0.1) is 18.7 Å². The normalized spacial score (nSPS) is 9.81. The van der Waals surface area contributed by atoms with E-state index < -0.39 is 0 Å². The maximum Gasteiger partial charge on any atom is 0.252 e. The molecule has 0 saturated carbocycles. The maximum atomic E-state index is 12.2. The summed E-state index contributed by atoms with van der Waals surface area (Å²) in [5.74, 6) is 5.58. The van der Waals surface area contributed by atoms with Crippen molar-refractivity contribution in [2.24, 2.45) is 0 Å². The van der Waals surface area contributed by atoms with Crippen molar-refractivity contribution in [3.8, 4) is 11.8 Å². The van der Waals surface area contributed by atoms with E-state index in [1.165, 1.54) is 0 Å². The van der Waals surface area contributed by atoms with Crippen LogP contribution in [0.25, 0.3) is 0 Å². The van der Waals surface area contributed by atoms with E-state index in [4.69, 9.17) is 5.11 Å². The summed E-state index contributed by atoms with van der Waals surface area (Å²) < 4.78 is 0. The smallest absolute Gasteiger partial charge is 0.252 e. The first-order valence-corrected chi connectivity index (χ1v) is 7.40. The molecule has 1 aromatic carbocycles. The molecule has 0 aliphatic heterocycles. The summed E-state index contributed by atoms with van der Waals surface area (Å²) >= 11 is 1.56. The summed E-state index contributed by atoms with van der Waals surface area (Å²) in [6.07, 6.45) is 2.19. The molecule has 21 heavy (non-hydrogen) atoms. The van der Waals surface area contributed by atoms with Crippen molar-refractivity contribution in [3.05, 3.63) is 51.5 Å². The fraction of sp³-hybridized carbons (Fsp3) is 0.250. The molecule has 0 aliphatic rings. The van der Waals surface area contributed by atoms with E-state index in [0.29, 0.717) is 24.1 Å². The Morgan fingerprint density at radius 2 is 2.24 bits per heavy atom. The van der Waals surface area contributed by atoms with Gasteiger partial charge in [0.15, 0.2) is 0 Å². The van der Waals surface area contributed by atoms with Gasteiger partial charge in [0.1, 0.15) is 5.01 Å². The topological polar surface area (TPSA) is 62.2 Å². The molecular formula is C16H16N2O2S. The van der Waals surface area contributed by atoms with E-state index in [9.17, 15) is 4.79 Å². The van der Waals surface area contributed by atoms with Crippen LogP contribution in [-0.2, 0) is 6.54 Å². The number of aliphatic hydroxyl groups excluding tert-OH is 1. The van der Waals surface area contributed by atoms with Gasteiger partial charge in [-0.25, -0.2) is 4.98 Å². The Hall–Kier alpha value is -2.16. The number of carbonyl (C=O) groups excluding carboxylic acids is 1. The molecule has 2 aromatic rings. The second kappa shape index (κ2) is 7.58. The Balaban J connectivity index is 2.07. The predicted molar refractivity (Wildman–Crippen MR) is 83.0 cm³/mol. The molecule has 108 valence electrons. The Bertz CT molecular complexity index is 683. The molecule has 0 saturated heterocycles. The monoisotopic (exact) mass is 300 g/mol. The Morgan fingerprint density at radius 1 is 1.43 bits per heavy atom. The number of nitrogens with zero attached hydrogens (tertiary/aromatic N) is 1. The summed E-state index contributed by atoms with van der Waals surface area (Å²) in [5, 5.41) is 12.5. The van der Waals surface area contributed by atoms with Crippen LogP contribution in [0.15, 0.2) is 30.5 Å². The lowest BCUT2D eigenvalue weighted by atomic mass is 10.1. The zero-order valence-electron chi connectivity index (χ0n) is 11.7. The van der Waals surface area contributed by atoms with Crippen molar-refractivity contribution in [1.82, 2.24) is 10.3 Å². The van der Waals surface area contributed by atoms with Crippen LogP contribution in [-0.4, -0.2) is 22.6 Å². The van der Waals surface area contributed by atoms with Gasteiger partial charge in [-0.15, -0.1) is 11.3 Å².